The molecule has 0 bridgehead atoms. The molecule has 0 amide bonds. The monoisotopic (exact) mass is 455 g/mol. The molecule has 0 aliphatic carbocycles. The summed E-state index contributed by atoms with van der Waals surface area (Å²) in [6.07, 6.45) is 5.69. The van der Waals surface area contributed by atoms with Crippen LogP contribution in [0.3, 0.4) is 0 Å². The molecular formula is C25H33N3O3S. The van der Waals surface area contributed by atoms with Gasteiger partial charge in [-0.05, 0) is 74.4 Å². The lowest BCUT2D eigenvalue weighted by molar-refractivity contribution is 0.0602. The van der Waals surface area contributed by atoms with Crippen LogP contribution in [-0.2, 0) is 27.7 Å². The van der Waals surface area contributed by atoms with Gasteiger partial charge in [-0.3, -0.25) is 8.99 Å². The fourth-order valence-electron chi connectivity index (χ4n) is 4.29. The summed E-state index contributed by atoms with van der Waals surface area (Å²) < 4.78 is 36.4. The molecule has 0 N–H and O–H groups in total. The van der Waals surface area contributed by atoms with Gasteiger partial charge >= 0.3 is 0 Å². The van der Waals surface area contributed by atoms with E-state index in [-0.39, 0.29) is 6.04 Å². The summed E-state index contributed by atoms with van der Waals surface area (Å²) in [5.74, 6) is 0.549. The van der Waals surface area contributed by atoms with Crippen LogP contribution in [0, 0.1) is 5.92 Å². The van der Waals surface area contributed by atoms with Crippen LogP contribution in [0.25, 0.3) is 10.9 Å². The number of aromatic nitrogens is 2. The zero-order chi connectivity index (χ0) is 22.7. The molecule has 0 saturated carbocycles. The van der Waals surface area contributed by atoms with Gasteiger partial charge in [0.2, 0.25) is 0 Å². The van der Waals surface area contributed by atoms with Gasteiger partial charge in [0.15, 0.2) is 0 Å². The maximum absolute atomic E-state index is 13.7. The van der Waals surface area contributed by atoms with Crippen molar-refractivity contribution in [3.8, 4) is 0 Å². The van der Waals surface area contributed by atoms with Crippen molar-refractivity contribution in [2.75, 3.05) is 17.5 Å². The second-order valence-corrected chi connectivity index (χ2v) is 10.5. The molecule has 1 aliphatic rings. The minimum Gasteiger partial charge on any atom is -0.381 e. The van der Waals surface area contributed by atoms with Crippen molar-refractivity contribution in [3.05, 3.63) is 54.2 Å². The molecule has 1 saturated heterocycles. The Kier molecular flexibility index (Phi) is 6.86. The molecule has 1 unspecified atom stereocenters. The van der Waals surface area contributed by atoms with Gasteiger partial charge in [-0.1, -0.05) is 26.0 Å². The van der Waals surface area contributed by atoms with Gasteiger partial charge in [-0.2, -0.15) is 5.10 Å². The maximum atomic E-state index is 13.7. The number of ether oxygens (including phenoxy) is 1. The normalized spacial score (nSPS) is 16.3. The highest BCUT2D eigenvalue weighted by molar-refractivity contribution is 7.92. The van der Waals surface area contributed by atoms with Crippen LogP contribution < -0.4 is 4.31 Å². The molecule has 172 valence electrons. The third kappa shape index (κ3) is 4.69. The quantitative estimate of drug-likeness (QED) is 0.478. The maximum Gasteiger partial charge on any atom is 0.264 e. The largest absolute Gasteiger partial charge is 0.381 e. The molecule has 7 heteroatoms. The van der Waals surface area contributed by atoms with E-state index in [4.69, 9.17) is 4.74 Å². The fourth-order valence-corrected chi connectivity index (χ4v) is 6.06. The molecule has 32 heavy (non-hydrogen) atoms. The smallest absolute Gasteiger partial charge is 0.264 e. The zero-order valence-electron chi connectivity index (χ0n) is 19.2. The van der Waals surface area contributed by atoms with Gasteiger partial charge < -0.3 is 4.74 Å². The minimum atomic E-state index is -3.71. The summed E-state index contributed by atoms with van der Waals surface area (Å²) in [5, 5.41) is 5.52. The first-order valence-corrected chi connectivity index (χ1v) is 13.0. The Labute approximate surface area is 191 Å². The third-order valence-electron chi connectivity index (χ3n) is 6.46. The number of anilines is 1. The molecule has 1 aromatic heterocycles. The van der Waals surface area contributed by atoms with E-state index in [1.54, 1.807) is 16.4 Å². The number of hydrogen-bond acceptors (Lipinski definition) is 4. The first kappa shape index (κ1) is 22.8. The average Bonchev–Trinajstić information content (AvgIpc) is 3.21. The number of rotatable bonds is 8. The van der Waals surface area contributed by atoms with Crippen LogP contribution in [0.4, 0.5) is 5.69 Å². The van der Waals surface area contributed by atoms with E-state index >= 15 is 0 Å². The van der Waals surface area contributed by atoms with Gasteiger partial charge in [0.25, 0.3) is 10.0 Å². The standard InChI is InChI=1S/C25H33N3O3S/c1-4-19(3)28(23-8-6-20(5-2)7-9-23)32(29,30)24-10-11-25-22(16-24)18-27(26-25)17-21-12-14-31-15-13-21/h6-11,16,18-19,21H,4-5,12-15,17H2,1-3H3. The fraction of sp³-hybridized carbons (Fsp3) is 0.480. The summed E-state index contributed by atoms with van der Waals surface area (Å²) in [6.45, 7) is 8.50. The topological polar surface area (TPSA) is 64.4 Å². The van der Waals surface area contributed by atoms with Crippen molar-refractivity contribution >= 4 is 26.6 Å². The molecule has 3 aromatic rings. The van der Waals surface area contributed by atoms with Crippen LogP contribution >= 0.6 is 0 Å². The third-order valence-corrected chi connectivity index (χ3v) is 8.39. The molecule has 0 radical (unpaired) electrons. The van der Waals surface area contributed by atoms with E-state index in [0.717, 1.165) is 56.3 Å². The number of benzene rings is 2. The van der Waals surface area contributed by atoms with Gasteiger partial charge in [0.1, 0.15) is 0 Å². The lowest BCUT2D eigenvalue weighted by atomic mass is 10.0. The Morgan fingerprint density at radius 1 is 1.12 bits per heavy atom. The highest BCUT2D eigenvalue weighted by atomic mass is 32.2. The van der Waals surface area contributed by atoms with Crippen molar-refractivity contribution in [3.63, 3.8) is 0 Å². The molecule has 4 rings (SSSR count). The van der Waals surface area contributed by atoms with E-state index < -0.39 is 10.0 Å². The second kappa shape index (κ2) is 9.63. The number of sulfonamides is 1. The molecule has 0 spiro atoms. The first-order valence-electron chi connectivity index (χ1n) is 11.6. The van der Waals surface area contributed by atoms with Crippen molar-refractivity contribution < 1.29 is 13.2 Å². The number of hydrogen-bond donors (Lipinski definition) is 0. The Morgan fingerprint density at radius 2 is 1.84 bits per heavy atom. The van der Waals surface area contributed by atoms with Crippen LogP contribution in [0.1, 0.15) is 45.6 Å². The first-order chi connectivity index (χ1) is 15.4. The molecular weight excluding hydrogens is 422 g/mol. The summed E-state index contributed by atoms with van der Waals surface area (Å²) in [4.78, 5) is 0.301. The van der Waals surface area contributed by atoms with Gasteiger partial charge in [-0.25, -0.2) is 8.42 Å². The van der Waals surface area contributed by atoms with Crippen molar-refractivity contribution in [1.29, 1.82) is 0 Å². The molecule has 2 heterocycles. The lowest BCUT2D eigenvalue weighted by Gasteiger charge is -2.30. The summed E-state index contributed by atoms with van der Waals surface area (Å²) in [5.41, 5.74) is 2.71. The predicted molar refractivity (Wildman–Crippen MR) is 129 cm³/mol. The molecule has 2 aromatic carbocycles. The van der Waals surface area contributed by atoms with Crippen molar-refractivity contribution in [1.82, 2.24) is 9.78 Å². The van der Waals surface area contributed by atoms with Crippen LogP contribution in [0.15, 0.2) is 53.6 Å². The molecule has 6 nitrogen and oxygen atoms in total. The van der Waals surface area contributed by atoms with E-state index in [9.17, 15) is 8.42 Å². The number of aryl methyl sites for hydroxylation is 1. The Bertz CT molecular complexity index is 1150. The minimum absolute atomic E-state index is 0.153. The molecule has 1 atom stereocenters. The van der Waals surface area contributed by atoms with Crippen LogP contribution in [-0.4, -0.2) is 37.5 Å². The highest BCUT2D eigenvalue weighted by Crippen LogP contribution is 2.29. The number of fused-ring (bicyclic) bond motifs is 1. The number of nitrogens with zero attached hydrogens (tertiary/aromatic N) is 3. The van der Waals surface area contributed by atoms with Crippen LogP contribution in [0.2, 0.25) is 0 Å². The summed E-state index contributed by atoms with van der Waals surface area (Å²) in [7, 11) is -3.71. The Hall–Kier alpha value is -2.38. The Morgan fingerprint density at radius 3 is 2.50 bits per heavy atom. The predicted octanol–water partition coefficient (Wildman–Crippen LogP) is 5.02. The van der Waals surface area contributed by atoms with Crippen molar-refractivity contribution in [2.24, 2.45) is 5.92 Å². The average molecular weight is 456 g/mol. The second-order valence-electron chi connectivity index (χ2n) is 8.71. The van der Waals surface area contributed by atoms with E-state index in [1.165, 1.54) is 5.56 Å². The van der Waals surface area contributed by atoms with Gasteiger partial charge in [0.05, 0.1) is 16.1 Å². The molecule has 1 fully saturated rings. The van der Waals surface area contributed by atoms with E-state index in [0.29, 0.717) is 16.5 Å². The van der Waals surface area contributed by atoms with E-state index in [2.05, 4.69) is 12.0 Å². The van der Waals surface area contributed by atoms with Crippen molar-refractivity contribution in [2.45, 2.75) is 63.9 Å². The highest BCUT2D eigenvalue weighted by Gasteiger charge is 2.29. The van der Waals surface area contributed by atoms with Gasteiger partial charge in [-0.15, -0.1) is 0 Å². The van der Waals surface area contributed by atoms with Crippen LogP contribution in [0.5, 0.6) is 0 Å². The SMILES string of the molecule is CCc1ccc(N(C(C)CC)S(=O)(=O)c2ccc3nn(CC4CCOCC4)cc3c2)cc1. The zero-order valence-corrected chi connectivity index (χ0v) is 20.0. The van der Waals surface area contributed by atoms with Gasteiger partial charge in [0, 0.05) is 37.4 Å². The Balaban J connectivity index is 1.66. The lowest BCUT2D eigenvalue weighted by Crippen LogP contribution is -2.38. The summed E-state index contributed by atoms with van der Waals surface area (Å²) >= 11 is 0. The van der Waals surface area contributed by atoms with E-state index in [1.807, 2.05) is 55.1 Å². The summed E-state index contributed by atoms with van der Waals surface area (Å²) in [6, 6.07) is 12.9. The molecule has 1 aliphatic heterocycles.